The monoisotopic (exact) mass is 585 g/mol. The Balaban J connectivity index is 1.94. The molecule has 0 saturated heterocycles. The highest BCUT2D eigenvalue weighted by Gasteiger charge is 2.30. The van der Waals surface area contributed by atoms with Crippen molar-refractivity contribution >= 4 is 35.2 Å². The number of carbonyl (C=O) groups excluding carboxylic acids is 3. The predicted octanol–water partition coefficient (Wildman–Crippen LogP) is 3.86. The first-order valence-corrected chi connectivity index (χ1v) is 14.2. The Labute approximate surface area is 252 Å². The number of carbonyl (C=O) groups is 3. The van der Waals surface area contributed by atoms with Gasteiger partial charge in [-0.3, -0.25) is 26.1 Å². The fourth-order valence-corrected chi connectivity index (χ4v) is 4.88. The normalized spacial score (nSPS) is 13.7. The fourth-order valence-electron chi connectivity index (χ4n) is 4.88. The maximum Gasteiger partial charge on any atom is 0.414 e. The Hall–Kier alpha value is -5.06. The first-order valence-electron chi connectivity index (χ1n) is 14.2. The van der Waals surface area contributed by atoms with Crippen LogP contribution in [0.2, 0.25) is 0 Å². The zero-order chi connectivity index (χ0) is 31.6. The van der Waals surface area contributed by atoms with E-state index in [1.807, 2.05) is 12.1 Å². The molecule has 0 aliphatic heterocycles. The van der Waals surface area contributed by atoms with Crippen LogP contribution >= 0.6 is 0 Å². The highest BCUT2D eigenvalue weighted by molar-refractivity contribution is 6.03. The summed E-state index contributed by atoms with van der Waals surface area (Å²) in [6.45, 7) is 9.16. The number of anilines is 2. The molecule has 2 atom stereocenters. The molecule has 0 aliphatic rings. The van der Waals surface area contributed by atoms with E-state index in [0.717, 1.165) is 18.4 Å². The van der Waals surface area contributed by atoms with Crippen molar-refractivity contribution < 1.29 is 19.4 Å². The lowest BCUT2D eigenvalue weighted by molar-refractivity contribution is -0.347. The van der Waals surface area contributed by atoms with Crippen molar-refractivity contribution in [1.29, 1.82) is 0 Å². The minimum absolute atomic E-state index is 0.00339. The molecule has 7 N–H and O–H groups in total. The van der Waals surface area contributed by atoms with Crippen molar-refractivity contribution in [2.75, 3.05) is 17.3 Å². The lowest BCUT2D eigenvalue weighted by atomic mass is 9.70. The Kier molecular flexibility index (Phi) is 11.1. The van der Waals surface area contributed by atoms with Crippen molar-refractivity contribution in [1.82, 2.24) is 5.32 Å². The molecule has 3 rings (SSSR count). The first kappa shape index (κ1) is 32.5. The second kappa shape index (κ2) is 14.7. The fraction of sp³-hybridized carbons (Fsp3) is 0.312. The third kappa shape index (κ3) is 8.03. The van der Waals surface area contributed by atoms with Crippen molar-refractivity contribution in [3.05, 3.63) is 95.1 Å². The van der Waals surface area contributed by atoms with Gasteiger partial charge in [0.15, 0.2) is 0 Å². The number of hydrogen-bond acceptors (Lipinski definition) is 4. The minimum Gasteiger partial charge on any atom is -0.355 e. The van der Waals surface area contributed by atoms with Crippen molar-refractivity contribution in [2.45, 2.75) is 52.5 Å². The summed E-state index contributed by atoms with van der Waals surface area (Å²) in [6.07, 6.45) is 2.05. The van der Waals surface area contributed by atoms with Crippen molar-refractivity contribution in [3.8, 4) is 0 Å². The van der Waals surface area contributed by atoms with Crippen molar-refractivity contribution in [3.63, 3.8) is 0 Å². The van der Waals surface area contributed by atoms with E-state index in [4.69, 9.17) is 11.6 Å². The lowest BCUT2D eigenvalue weighted by Gasteiger charge is -2.35. The van der Waals surface area contributed by atoms with Gasteiger partial charge >= 0.3 is 17.9 Å². The average molecular weight is 586 g/mol. The number of guanidine groups is 1. The van der Waals surface area contributed by atoms with E-state index in [0.29, 0.717) is 28.4 Å². The van der Waals surface area contributed by atoms with E-state index >= 15 is 0 Å². The molecular formula is C32H41N8O3+. The number of rotatable bonds is 10. The van der Waals surface area contributed by atoms with Crippen LogP contribution in [-0.4, -0.2) is 30.9 Å². The van der Waals surface area contributed by atoms with E-state index in [9.17, 15) is 14.4 Å². The van der Waals surface area contributed by atoms with Gasteiger partial charge in [0.2, 0.25) is 0 Å². The molecule has 0 heterocycles. The van der Waals surface area contributed by atoms with Gasteiger partial charge in [0.1, 0.15) is 0 Å². The van der Waals surface area contributed by atoms with E-state index in [2.05, 4.69) is 65.8 Å². The lowest BCUT2D eigenvalue weighted by Crippen LogP contribution is -2.79. The molecule has 226 valence electrons. The van der Waals surface area contributed by atoms with E-state index in [1.165, 1.54) is 5.56 Å². The molecule has 4 amide bonds. The van der Waals surface area contributed by atoms with Crippen LogP contribution in [-0.2, 0) is 12.0 Å². The van der Waals surface area contributed by atoms with Gasteiger partial charge in [-0.05, 0) is 71.3 Å². The van der Waals surface area contributed by atoms with Gasteiger partial charge in [-0.15, -0.1) is 0 Å². The molecule has 0 bridgehead atoms. The van der Waals surface area contributed by atoms with E-state index in [-0.39, 0.29) is 29.9 Å². The molecule has 0 saturated carbocycles. The van der Waals surface area contributed by atoms with Gasteiger partial charge in [0.25, 0.3) is 5.91 Å². The van der Waals surface area contributed by atoms with Crippen LogP contribution in [0, 0.1) is 5.92 Å². The van der Waals surface area contributed by atoms with Gasteiger partial charge in [-0.1, -0.05) is 64.4 Å². The number of nitrogens with one attached hydrogen (secondary N) is 3. The summed E-state index contributed by atoms with van der Waals surface area (Å²) in [5.41, 5.74) is 9.51. The number of urea groups is 1. The SMILES string of the molecule is CCC(C)C(C)(CC)c1ccc(N(Cc2ccc(C(=O)[NH+]=C(N)/N=N\N)cc2)C(=O)Nc2cccc(C(=O)NC)c2)cc1. The summed E-state index contributed by atoms with van der Waals surface area (Å²) in [5.74, 6) is 4.50. The van der Waals surface area contributed by atoms with Crippen LogP contribution < -0.4 is 32.1 Å². The molecule has 3 aromatic rings. The summed E-state index contributed by atoms with van der Waals surface area (Å²) >= 11 is 0. The number of amides is 4. The first-order chi connectivity index (χ1) is 20.6. The molecule has 3 aromatic carbocycles. The zero-order valence-electron chi connectivity index (χ0n) is 25.3. The van der Waals surface area contributed by atoms with Gasteiger partial charge in [-0.2, -0.15) is 0 Å². The Bertz CT molecular complexity index is 1490. The summed E-state index contributed by atoms with van der Waals surface area (Å²) in [5, 5.41) is 11.9. The molecule has 11 heteroatoms. The number of benzene rings is 3. The smallest absolute Gasteiger partial charge is 0.355 e. The second-order valence-electron chi connectivity index (χ2n) is 10.6. The largest absolute Gasteiger partial charge is 0.414 e. The molecule has 0 aliphatic carbocycles. The summed E-state index contributed by atoms with van der Waals surface area (Å²) < 4.78 is 0. The van der Waals surface area contributed by atoms with Gasteiger partial charge in [-0.25, -0.2) is 9.79 Å². The molecule has 0 radical (unpaired) electrons. The van der Waals surface area contributed by atoms with Crippen LogP contribution in [0.4, 0.5) is 16.2 Å². The predicted molar refractivity (Wildman–Crippen MR) is 169 cm³/mol. The minimum atomic E-state index is -0.474. The zero-order valence-corrected chi connectivity index (χ0v) is 25.3. The topological polar surface area (TPSA) is 169 Å². The quantitative estimate of drug-likeness (QED) is 0.0799. The van der Waals surface area contributed by atoms with Crippen LogP contribution in [0.1, 0.15) is 72.4 Å². The van der Waals surface area contributed by atoms with Crippen molar-refractivity contribution in [2.24, 2.45) is 27.8 Å². The maximum absolute atomic E-state index is 13.7. The van der Waals surface area contributed by atoms with Crippen LogP contribution in [0.3, 0.4) is 0 Å². The van der Waals surface area contributed by atoms with Gasteiger partial charge < -0.3 is 10.6 Å². The molecule has 0 spiro atoms. The highest BCUT2D eigenvalue weighted by Crippen LogP contribution is 2.38. The number of nitrogens with zero attached hydrogens (tertiary/aromatic N) is 3. The average Bonchev–Trinajstić information content (AvgIpc) is 3.02. The van der Waals surface area contributed by atoms with E-state index < -0.39 is 5.91 Å². The molecular weight excluding hydrogens is 544 g/mol. The Morgan fingerprint density at radius 3 is 2.26 bits per heavy atom. The molecule has 0 aromatic heterocycles. The summed E-state index contributed by atoms with van der Waals surface area (Å²) in [6, 6.07) is 21.2. The van der Waals surface area contributed by atoms with E-state index in [1.54, 1.807) is 60.5 Å². The third-order valence-electron chi connectivity index (χ3n) is 8.09. The molecule has 0 fully saturated rings. The molecule has 2 unspecified atom stereocenters. The third-order valence-corrected chi connectivity index (χ3v) is 8.09. The van der Waals surface area contributed by atoms with Crippen LogP contribution in [0.15, 0.2) is 83.1 Å². The summed E-state index contributed by atoms with van der Waals surface area (Å²) in [4.78, 5) is 42.3. The van der Waals surface area contributed by atoms with Crippen LogP contribution in [0.25, 0.3) is 0 Å². The molecule has 43 heavy (non-hydrogen) atoms. The van der Waals surface area contributed by atoms with Gasteiger partial charge in [0.05, 0.1) is 17.2 Å². The van der Waals surface area contributed by atoms with Gasteiger partial charge in [0, 0.05) is 29.2 Å². The number of hydrogen-bond donors (Lipinski definition) is 5. The second-order valence-corrected chi connectivity index (χ2v) is 10.6. The Morgan fingerprint density at radius 2 is 1.67 bits per heavy atom. The number of nitrogens with two attached hydrogens (primary N) is 2. The van der Waals surface area contributed by atoms with Crippen LogP contribution in [0.5, 0.6) is 0 Å². The highest BCUT2D eigenvalue weighted by atomic mass is 16.2. The molecule has 11 nitrogen and oxygen atoms in total. The Morgan fingerprint density at radius 1 is 1.00 bits per heavy atom. The standard InChI is InChI=1S/C32H40N8O3/c1-6-21(3)32(4,7-2)25-15-17-27(18-16-25)40(31(43)36-26-10-8-9-24(19-26)28(41)35-5)20-22-11-13-23(14-12-22)29(42)37-30(33)38-39-34/h8-19,21H,6-7,20H2,1-5H3,(H,35,41)(H,36,43)(H4,33,34,37,38,42)/p+1. The summed E-state index contributed by atoms with van der Waals surface area (Å²) in [7, 11) is 1.55. The maximum atomic E-state index is 13.7.